The molecule has 10 heteroatoms. The fourth-order valence-corrected chi connectivity index (χ4v) is 5.20. The molecule has 0 bridgehead atoms. The Labute approximate surface area is 252 Å². The van der Waals surface area contributed by atoms with Crippen LogP contribution in [0.3, 0.4) is 0 Å². The van der Waals surface area contributed by atoms with Crippen LogP contribution in [0.4, 0.5) is 11.6 Å². The highest BCUT2D eigenvalue weighted by molar-refractivity contribution is 5.81. The van der Waals surface area contributed by atoms with Gasteiger partial charge in [0.1, 0.15) is 30.6 Å². The number of nitrogens with one attached hydrogen (secondary N) is 2. The van der Waals surface area contributed by atoms with Crippen LogP contribution >= 0.6 is 0 Å². The van der Waals surface area contributed by atoms with Crippen LogP contribution in [0, 0.1) is 0 Å². The minimum atomic E-state index is -0.922. The monoisotopic (exact) mass is 581 g/mol. The molecule has 43 heavy (non-hydrogen) atoms. The Kier molecular flexibility index (Phi) is 10.8. The summed E-state index contributed by atoms with van der Waals surface area (Å²) in [5.41, 5.74) is 4.09. The van der Waals surface area contributed by atoms with E-state index in [9.17, 15) is 9.90 Å². The Balaban J connectivity index is 1.18. The molecule has 1 aliphatic rings. The summed E-state index contributed by atoms with van der Waals surface area (Å²) < 4.78 is 5.86. The van der Waals surface area contributed by atoms with Gasteiger partial charge in [0.2, 0.25) is 5.88 Å². The maximum absolute atomic E-state index is 12.3. The molecule has 0 saturated heterocycles. The van der Waals surface area contributed by atoms with Crippen LogP contribution in [0.1, 0.15) is 36.9 Å². The number of rotatable bonds is 16. The fraction of sp³-hybridized carbons (Fsp3) is 0.364. The molecule has 224 valence electrons. The highest BCUT2D eigenvalue weighted by Crippen LogP contribution is 2.26. The number of pyridine rings is 2. The zero-order valence-electron chi connectivity index (χ0n) is 24.4. The van der Waals surface area contributed by atoms with Crippen LogP contribution in [-0.2, 0) is 17.6 Å². The number of ether oxygens (including phenoxy) is 1. The number of aromatic nitrogens is 4. The molecular weight excluding hydrogens is 542 g/mol. The summed E-state index contributed by atoms with van der Waals surface area (Å²) in [6.45, 7) is 3.51. The molecule has 0 aliphatic carbocycles. The van der Waals surface area contributed by atoms with Crippen LogP contribution < -0.4 is 15.4 Å². The first-order valence-electron chi connectivity index (χ1n) is 15.0. The lowest BCUT2D eigenvalue weighted by atomic mass is 10.1. The summed E-state index contributed by atoms with van der Waals surface area (Å²) in [5, 5.41) is 16.7. The molecule has 4 heterocycles. The predicted octanol–water partition coefficient (Wildman–Crippen LogP) is 4.95. The van der Waals surface area contributed by atoms with Crippen molar-refractivity contribution < 1.29 is 14.6 Å². The molecule has 0 saturated carbocycles. The number of aryl methyl sites for hydroxylation is 2. The van der Waals surface area contributed by atoms with Gasteiger partial charge < -0.3 is 20.5 Å². The standard InChI is InChI=1S/C33H39N7O3/c41-33(42)29(39-32-28(23-34-24-37-32)25-9-2-1-3-10-25)16-20-40(21-22-43-30-13-4-6-17-35-30)19-7-5-12-27-15-14-26-11-8-18-36-31(26)38-27/h1-4,6,9-10,13-15,17,23-24,29H,5,7-8,11-12,16,18-22H2,(H,36,38)(H,41,42)(H,34,37,39). The van der Waals surface area contributed by atoms with Crippen LogP contribution in [-0.4, -0.2) is 74.7 Å². The van der Waals surface area contributed by atoms with Crippen molar-refractivity contribution in [3.8, 4) is 17.0 Å². The minimum Gasteiger partial charge on any atom is -0.480 e. The van der Waals surface area contributed by atoms with Gasteiger partial charge in [0.05, 0.1) is 0 Å². The van der Waals surface area contributed by atoms with Crippen molar-refractivity contribution in [2.45, 2.75) is 44.6 Å². The quantitative estimate of drug-likeness (QED) is 0.157. The molecule has 0 spiro atoms. The molecule has 3 aromatic heterocycles. The van der Waals surface area contributed by atoms with Crippen LogP contribution in [0.25, 0.3) is 11.1 Å². The third kappa shape index (κ3) is 8.96. The Morgan fingerprint density at radius 1 is 1.02 bits per heavy atom. The SMILES string of the molecule is O=C(O)C(CCN(CCCCc1ccc2c(n1)NCCC2)CCOc1ccccn1)Nc1ncncc1-c1ccccc1. The van der Waals surface area contributed by atoms with E-state index < -0.39 is 12.0 Å². The van der Waals surface area contributed by atoms with Gasteiger partial charge in [0, 0.05) is 49.4 Å². The van der Waals surface area contributed by atoms with Crippen molar-refractivity contribution in [3.05, 3.63) is 90.6 Å². The van der Waals surface area contributed by atoms with E-state index in [0.29, 0.717) is 37.8 Å². The lowest BCUT2D eigenvalue weighted by Gasteiger charge is -2.25. The maximum atomic E-state index is 12.3. The molecule has 5 rings (SSSR count). The predicted molar refractivity (Wildman–Crippen MR) is 167 cm³/mol. The number of anilines is 2. The van der Waals surface area contributed by atoms with E-state index in [0.717, 1.165) is 67.8 Å². The average molecular weight is 582 g/mol. The summed E-state index contributed by atoms with van der Waals surface area (Å²) in [6, 6.07) is 18.8. The molecule has 0 fully saturated rings. The second kappa shape index (κ2) is 15.6. The number of carboxylic acid groups (broad SMARTS) is 1. The molecule has 1 aliphatic heterocycles. The molecule has 4 aromatic rings. The highest BCUT2D eigenvalue weighted by Gasteiger charge is 2.21. The normalized spacial score (nSPS) is 13.1. The third-order valence-corrected chi connectivity index (χ3v) is 7.54. The van der Waals surface area contributed by atoms with Gasteiger partial charge >= 0.3 is 5.97 Å². The van der Waals surface area contributed by atoms with Crippen LogP contribution in [0.5, 0.6) is 5.88 Å². The molecular formula is C33H39N7O3. The number of hydrogen-bond donors (Lipinski definition) is 3. The smallest absolute Gasteiger partial charge is 0.326 e. The average Bonchev–Trinajstić information content (AvgIpc) is 3.05. The lowest BCUT2D eigenvalue weighted by Crippen LogP contribution is -2.37. The van der Waals surface area contributed by atoms with Crippen molar-refractivity contribution in [1.29, 1.82) is 0 Å². The summed E-state index contributed by atoms with van der Waals surface area (Å²) in [4.78, 5) is 32.2. The first-order chi connectivity index (χ1) is 21.2. The number of aliphatic carboxylic acids is 1. The minimum absolute atomic E-state index is 0.398. The molecule has 3 N–H and O–H groups in total. The Hall–Kier alpha value is -4.57. The summed E-state index contributed by atoms with van der Waals surface area (Å²) in [7, 11) is 0. The van der Waals surface area contributed by atoms with Gasteiger partial charge in [0.15, 0.2) is 0 Å². The van der Waals surface area contributed by atoms with Crippen molar-refractivity contribution in [1.82, 2.24) is 24.8 Å². The topological polar surface area (TPSA) is 125 Å². The van der Waals surface area contributed by atoms with Gasteiger partial charge in [-0.05, 0) is 68.3 Å². The Bertz CT molecular complexity index is 1440. The number of benzene rings is 1. The molecule has 1 unspecified atom stereocenters. The molecule has 0 amide bonds. The summed E-state index contributed by atoms with van der Waals surface area (Å²) in [5.74, 6) is 1.19. The summed E-state index contributed by atoms with van der Waals surface area (Å²) in [6.07, 6.45) is 10.3. The second-order valence-corrected chi connectivity index (χ2v) is 10.6. The molecule has 1 atom stereocenters. The van der Waals surface area contributed by atoms with Crippen molar-refractivity contribution in [2.75, 3.05) is 43.4 Å². The fourth-order valence-electron chi connectivity index (χ4n) is 5.20. The van der Waals surface area contributed by atoms with Gasteiger partial charge in [-0.3, -0.25) is 4.90 Å². The Morgan fingerprint density at radius 2 is 1.91 bits per heavy atom. The number of nitrogens with zero attached hydrogens (tertiary/aromatic N) is 5. The molecule has 0 radical (unpaired) electrons. The number of carboxylic acids is 1. The van der Waals surface area contributed by atoms with E-state index >= 15 is 0 Å². The largest absolute Gasteiger partial charge is 0.480 e. The van der Waals surface area contributed by atoms with E-state index in [-0.39, 0.29) is 0 Å². The zero-order valence-corrected chi connectivity index (χ0v) is 24.4. The third-order valence-electron chi connectivity index (χ3n) is 7.54. The van der Waals surface area contributed by atoms with Gasteiger partial charge in [-0.2, -0.15) is 0 Å². The van der Waals surface area contributed by atoms with E-state index in [1.807, 2.05) is 48.5 Å². The van der Waals surface area contributed by atoms with Gasteiger partial charge in [-0.15, -0.1) is 0 Å². The van der Waals surface area contributed by atoms with E-state index in [4.69, 9.17) is 9.72 Å². The van der Waals surface area contributed by atoms with E-state index in [1.54, 1.807) is 12.4 Å². The Morgan fingerprint density at radius 3 is 2.74 bits per heavy atom. The first-order valence-corrected chi connectivity index (χ1v) is 15.0. The number of hydrogen-bond acceptors (Lipinski definition) is 9. The molecule has 10 nitrogen and oxygen atoms in total. The van der Waals surface area contributed by atoms with Crippen molar-refractivity contribution in [3.63, 3.8) is 0 Å². The zero-order chi connectivity index (χ0) is 29.7. The van der Waals surface area contributed by atoms with Crippen molar-refractivity contribution in [2.24, 2.45) is 0 Å². The van der Waals surface area contributed by atoms with Crippen molar-refractivity contribution >= 4 is 17.6 Å². The van der Waals surface area contributed by atoms with Gasteiger partial charge in [-0.25, -0.2) is 24.7 Å². The van der Waals surface area contributed by atoms with Gasteiger partial charge in [0.25, 0.3) is 0 Å². The maximum Gasteiger partial charge on any atom is 0.326 e. The van der Waals surface area contributed by atoms with Gasteiger partial charge in [-0.1, -0.05) is 42.5 Å². The second-order valence-electron chi connectivity index (χ2n) is 10.6. The summed E-state index contributed by atoms with van der Waals surface area (Å²) >= 11 is 0. The molecule has 1 aromatic carbocycles. The highest BCUT2D eigenvalue weighted by atomic mass is 16.5. The van der Waals surface area contributed by atoms with E-state index in [2.05, 4.69) is 42.6 Å². The number of fused-ring (bicyclic) bond motifs is 1. The van der Waals surface area contributed by atoms with Crippen LogP contribution in [0.15, 0.2) is 79.4 Å². The first kappa shape index (κ1) is 29.9. The lowest BCUT2D eigenvalue weighted by molar-refractivity contribution is -0.138. The van der Waals surface area contributed by atoms with E-state index in [1.165, 1.54) is 11.9 Å². The number of carbonyl (C=O) groups is 1. The number of unbranched alkanes of at least 4 members (excludes halogenated alkanes) is 1. The van der Waals surface area contributed by atoms with Crippen LogP contribution in [0.2, 0.25) is 0 Å².